The van der Waals surface area contributed by atoms with Crippen molar-refractivity contribution in [3.63, 3.8) is 0 Å². The summed E-state index contributed by atoms with van der Waals surface area (Å²) in [6, 6.07) is 9.89. The zero-order valence-electron chi connectivity index (χ0n) is 22.8. The summed E-state index contributed by atoms with van der Waals surface area (Å²) in [5.74, 6) is -0.338. The minimum absolute atomic E-state index is 0.0401. The van der Waals surface area contributed by atoms with Gasteiger partial charge in [-0.3, -0.25) is 0 Å². The summed E-state index contributed by atoms with van der Waals surface area (Å²) in [7, 11) is 0. The molecule has 0 aliphatic rings. The third kappa shape index (κ3) is 12.1. The largest absolute Gasteiger partial charge is 0.484 e. The smallest absolute Gasteiger partial charge is 0.430 e. The molecule has 0 fully saturated rings. The highest BCUT2D eigenvalue weighted by atomic mass is 19.4. The molecule has 0 saturated heterocycles. The number of aryl methyl sites for hydroxylation is 1. The highest BCUT2D eigenvalue weighted by Crippen LogP contribution is 2.32. The first-order valence-corrected chi connectivity index (χ1v) is 12.5. The van der Waals surface area contributed by atoms with Crippen molar-refractivity contribution in [1.29, 1.82) is 5.41 Å². The first-order valence-electron chi connectivity index (χ1n) is 12.5. The maximum atomic E-state index is 13.9. The summed E-state index contributed by atoms with van der Waals surface area (Å²) in [6.45, 7) is 14.0. The fraction of sp³-hybridized carbons (Fsp3) is 0.323. The van der Waals surface area contributed by atoms with E-state index in [4.69, 9.17) is 10.1 Å². The molecule has 0 saturated carbocycles. The maximum absolute atomic E-state index is 13.9. The van der Waals surface area contributed by atoms with Gasteiger partial charge in [0.25, 0.3) is 0 Å². The van der Waals surface area contributed by atoms with Crippen molar-refractivity contribution in [3.8, 4) is 5.75 Å². The van der Waals surface area contributed by atoms with E-state index in [1.165, 1.54) is 42.6 Å². The molecule has 2 aromatic rings. The van der Waals surface area contributed by atoms with Crippen molar-refractivity contribution in [2.24, 2.45) is 5.92 Å². The lowest BCUT2D eigenvalue weighted by Crippen LogP contribution is -2.41. The van der Waals surface area contributed by atoms with Crippen LogP contribution in [0.5, 0.6) is 5.75 Å². The maximum Gasteiger partial charge on any atom is 0.430 e. The van der Waals surface area contributed by atoms with E-state index in [0.29, 0.717) is 23.3 Å². The Morgan fingerprint density at radius 1 is 1.15 bits per heavy atom. The van der Waals surface area contributed by atoms with E-state index in [-0.39, 0.29) is 11.7 Å². The molecule has 0 aliphatic heterocycles. The van der Waals surface area contributed by atoms with Gasteiger partial charge in [0, 0.05) is 6.21 Å². The quantitative estimate of drug-likeness (QED) is 0.158. The molecule has 8 heteroatoms. The van der Waals surface area contributed by atoms with Gasteiger partial charge in [-0.15, -0.1) is 0 Å². The Bertz CT molecular complexity index is 1150. The zero-order valence-corrected chi connectivity index (χ0v) is 22.8. The number of allylic oxidation sites excluding steroid dienone is 6. The lowest BCUT2D eigenvalue weighted by molar-refractivity contribution is -0.0987. The van der Waals surface area contributed by atoms with Crippen LogP contribution in [0.25, 0.3) is 0 Å². The normalized spacial score (nSPS) is 13.3. The summed E-state index contributed by atoms with van der Waals surface area (Å²) >= 11 is 0. The van der Waals surface area contributed by atoms with Gasteiger partial charge in [0.1, 0.15) is 29.2 Å². The summed E-state index contributed by atoms with van der Waals surface area (Å²) in [5.41, 5.74) is 0.808. The number of hydrogen-bond donors (Lipinski definition) is 2. The van der Waals surface area contributed by atoms with Crippen molar-refractivity contribution >= 4 is 6.21 Å². The third-order valence-corrected chi connectivity index (χ3v) is 5.43. The van der Waals surface area contributed by atoms with Gasteiger partial charge in [0.2, 0.25) is 0 Å². The van der Waals surface area contributed by atoms with Crippen molar-refractivity contribution in [2.75, 3.05) is 0 Å². The number of nitrogens with one attached hydrogen (secondary N) is 2. The van der Waals surface area contributed by atoms with Crippen LogP contribution in [0, 0.1) is 24.1 Å². The minimum Gasteiger partial charge on any atom is -0.484 e. The molecule has 39 heavy (non-hydrogen) atoms. The number of ether oxygens (including phenoxy) is 1. The molecule has 2 aromatic carbocycles. The second-order valence-corrected chi connectivity index (χ2v) is 9.21. The summed E-state index contributed by atoms with van der Waals surface area (Å²) in [5, 5.41) is 9.97. The number of alkyl halides is 3. The number of hydrogen-bond acceptors (Lipinski definition) is 3. The average molecular weight is 549 g/mol. The molecule has 0 heterocycles. The Kier molecular flexibility index (Phi) is 14.0. The van der Waals surface area contributed by atoms with E-state index >= 15 is 0 Å². The Morgan fingerprint density at radius 2 is 1.85 bits per heavy atom. The molecule has 0 bridgehead atoms. The van der Waals surface area contributed by atoms with Crippen molar-refractivity contribution in [3.05, 3.63) is 114 Å². The lowest BCUT2D eigenvalue weighted by Gasteiger charge is -2.32. The highest BCUT2D eigenvalue weighted by Gasteiger charge is 2.36. The molecule has 0 amide bonds. The van der Waals surface area contributed by atoms with Crippen LogP contribution in [0.3, 0.4) is 0 Å². The molecule has 0 aliphatic carbocycles. The van der Waals surface area contributed by atoms with E-state index < -0.39 is 29.8 Å². The van der Waals surface area contributed by atoms with E-state index in [0.717, 1.165) is 12.0 Å². The third-order valence-electron chi connectivity index (χ3n) is 5.43. The van der Waals surface area contributed by atoms with E-state index in [1.54, 1.807) is 30.3 Å². The zero-order chi connectivity index (χ0) is 29.6. The molecule has 1 unspecified atom stereocenters. The van der Waals surface area contributed by atoms with Crippen LogP contribution >= 0.6 is 0 Å². The van der Waals surface area contributed by atoms with Crippen LogP contribution < -0.4 is 10.1 Å². The monoisotopic (exact) mass is 548 g/mol. The van der Waals surface area contributed by atoms with Crippen molar-refractivity contribution in [2.45, 2.75) is 58.9 Å². The summed E-state index contributed by atoms with van der Waals surface area (Å²) in [6.07, 6.45) is 2.79. The minimum atomic E-state index is -4.61. The Morgan fingerprint density at radius 3 is 2.38 bits per heavy atom. The first kappa shape index (κ1) is 33.3. The Hall–Kier alpha value is -3.68. The van der Waals surface area contributed by atoms with Crippen LogP contribution in [0.15, 0.2) is 91.5 Å². The molecule has 3 nitrogen and oxygen atoms in total. The van der Waals surface area contributed by atoms with Crippen molar-refractivity contribution < 1.29 is 26.7 Å². The second-order valence-electron chi connectivity index (χ2n) is 9.21. The van der Waals surface area contributed by atoms with Gasteiger partial charge < -0.3 is 15.5 Å². The number of benzene rings is 2. The molecule has 2 N–H and O–H groups in total. The van der Waals surface area contributed by atoms with Gasteiger partial charge in [-0.25, -0.2) is 8.78 Å². The lowest BCUT2D eigenvalue weighted by atomic mass is 9.93. The van der Waals surface area contributed by atoms with Gasteiger partial charge in [-0.05, 0) is 78.8 Å². The van der Waals surface area contributed by atoms with Gasteiger partial charge in [0.05, 0.1) is 6.04 Å². The number of rotatable bonds is 12. The van der Waals surface area contributed by atoms with Gasteiger partial charge in [0.15, 0.2) is 0 Å². The SMILES string of the molecule is C=C(NC(CC(C)C)[C@H](Oc1ccc(C)c(C=N)c1)c1cccc(F)c1)C(F)(F)F.C=C/C=C(F)\C=C/CC. The standard InChI is InChI=1S/C23H26F4N2O.C8H11F/c1-14(2)10-21(29-16(4)23(25,26)27)22(17-6-5-7-19(24)11-17)30-20-9-8-15(3)18(12-20)13-28;1-3-5-7-8(9)6-4-2/h5-9,11-14,21-22,28-29H,4,10H2,1-3H3;4-7H,2-3H2,1H3/b;7-5-,8-6+/t21?,22-;/m1./s1. The summed E-state index contributed by atoms with van der Waals surface area (Å²) < 4.78 is 71.8. The van der Waals surface area contributed by atoms with Gasteiger partial charge in [-0.1, -0.05) is 64.3 Å². The average Bonchev–Trinajstić information content (AvgIpc) is 2.86. The predicted octanol–water partition coefficient (Wildman–Crippen LogP) is 9.32. The van der Waals surface area contributed by atoms with Gasteiger partial charge in [-0.2, -0.15) is 13.2 Å². The Balaban J connectivity index is 0.000000724. The molecule has 2 atom stereocenters. The molecule has 0 aromatic heterocycles. The van der Waals surface area contributed by atoms with E-state index in [2.05, 4.69) is 18.5 Å². The first-order chi connectivity index (χ1) is 18.3. The van der Waals surface area contributed by atoms with Crippen molar-refractivity contribution in [1.82, 2.24) is 5.32 Å². The van der Waals surface area contributed by atoms with Gasteiger partial charge >= 0.3 is 6.18 Å². The molecule has 0 radical (unpaired) electrons. The second kappa shape index (κ2) is 16.3. The predicted molar refractivity (Wildman–Crippen MR) is 149 cm³/mol. The molecule has 0 spiro atoms. The van der Waals surface area contributed by atoms with Crippen LogP contribution in [0.2, 0.25) is 0 Å². The fourth-order valence-electron chi connectivity index (χ4n) is 3.53. The topological polar surface area (TPSA) is 45.1 Å². The highest BCUT2D eigenvalue weighted by molar-refractivity contribution is 5.79. The van der Waals surface area contributed by atoms with Crippen LogP contribution in [-0.2, 0) is 0 Å². The van der Waals surface area contributed by atoms with E-state index in [1.807, 2.05) is 27.7 Å². The fourth-order valence-corrected chi connectivity index (χ4v) is 3.53. The molecular weight excluding hydrogens is 511 g/mol. The number of halogens is 5. The molecule has 2 rings (SSSR count). The van der Waals surface area contributed by atoms with E-state index in [9.17, 15) is 22.0 Å². The molecule has 212 valence electrons. The van der Waals surface area contributed by atoms with Crippen LogP contribution in [-0.4, -0.2) is 18.4 Å². The van der Waals surface area contributed by atoms with Crippen LogP contribution in [0.4, 0.5) is 22.0 Å². The van der Waals surface area contributed by atoms with Crippen LogP contribution in [0.1, 0.15) is 56.4 Å². The molecular formula is C31H37F5N2O. The Labute approximate surface area is 228 Å². The summed E-state index contributed by atoms with van der Waals surface area (Å²) in [4.78, 5) is 0.